The van der Waals surface area contributed by atoms with Crippen LogP contribution in [0.25, 0.3) is 0 Å². The minimum Gasteiger partial charge on any atom is -0.399 e. The van der Waals surface area contributed by atoms with E-state index in [2.05, 4.69) is 34.1 Å². The predicted molar refractivity (Wildman–Crippen MR) is 82.3 cm³/mol. The van der Waals surface area contributed by atoms with E-state index in [1.807, 2.05) is 24.5 Å². The van der Waals surface area contributed by atoms with E-state index in [0.717, 1.165) is 18.7 Å². The number of likely N-dealkylation sites (tertiary alicyclic amines) is 1. The Labute approximate surface area is 120 Å². The number of nitrogen functional groups attached to an aromatic ring is 1. The van der Waals surface area contributed by atoms with Gasteiger partial charge in [-0.3, -0.25) is 9.88 Å². The molecule has 0 bridgehead atoms. The molecule has 1 aliphatic rings. The molecule has 1 fully saturated rings. The minimum atomic E-state index is 0.562. The second-order valence-corrected chi connectivity index (χ2v) is 5.47. The van der Waals surface area contributed by atoms with E-state index in [9.17, 15) is 0 Å². The molecule has 20 heavy (non-hydrogen) atoms. The zero-order chi connectivity index (χ0) is 13.8. The summed E-state index contributed by atoms with van der Waals surface area (Å²) in [6, 6.07) is 13.1. The van der Waals surface area contributed by atoms with E-state index in [0.29, 0.717) is 6.04 Å². The van der Waals surface area contributed by atoms with Gasteiger partial charge in [-0.05, 0) is 61.2 Å². The first-order valence-electron chi connectivity index (χ1n) is 7.31. The van der Waals surface area contributed by atoms with Gasteiger partial charge in [-0.1, -0.05) is 12.1 Å². The monoisotopic (exact) mass is 267 g/mol. The van der Waals surface area contributed by atoms with Gasteiger partial charge >= 0.3 is 0 Å². The molecule has 1 saturated heterocycles. The molecule has 1 aromatic carbocycles. The number of nitrogens with zero attached hydrogens (tertiary/aromatic N) is 2. The summed E-state index contributed by atoms with van der Waals surface area (Å²) in [4.78, 5) is 6.70. The van der Waals surface area contributed by atoms with E-state index in [1.165, 1.54) is 30.5 Å². The predicted octanol–water partition coefficient (Wildman–Crippen LogP) is 3.04. The molecule has 1 aliphatic heterocycles. The van der Waals surface area contributed by atoms with Crippen molar-refractivity contribution in [2.75, 3.05) is 18.8 Å². The second kappa shape index (κ2) is 6.06. The molecule has 2 aromatic rings. The number of benzene rings is 1. The SMILES string of the molecule is Nc1ccc(CCN2CCCC2c2ccncc2)cc1. The highest BCUT2D eigenvalue weighted by atomic mass is 15.2. The highest BCUT2D eigenvalue weighted by Gasteiger charge is 2.25. The standard InChI is InChI=1S/C17H21N3/c18-16-5-3-14(4-6-16)9-13-20-12-1-2-17(20)15-7-10-19-11-8-15/h3-8,10-11,17H,1-2,9,12-13,18H2. The lowest BCUT2D eigenvalue weighted by Crippen LogP contribution is -2.25. The molecule has 3 rings (SSSR count). The van der Waals surface area contributed by atoms with Crippen molar-refractivity contribution in [3.8, 4) is 0 Å². The van der Waals surface area contributed by atoms with Crippen LogP contribution in [-0.4, -0.2) is 23.0 Å². The first-order valence-corrected chi connectivity index (χ1v) is 7.31. The van der Waals surface area contributed by atoms with Gasteiger partial charge in [0.1, 0.15) is 0 Å². The average molecular weight is 267 g/mol. The lowest BCUT2D eigenvalue weighted by Gasteiger charge is -2.24. The smallest absolute Gasteiger partial charge is 0.0349 e. The molecule has 1 unspecified atom stereocenters. The molecule has 2 N–H and O–H groups in total. The summed E-state index contributed by atoms with van der Waals surface area (Å²) in [6.45, 7) is 2.30. The fraction of sp³-hybridized carbons (Fsp3) is 0.353. The van der Waals surface area contributed by atoms with Gasteiger partial charge in [-0.2, -0.15) is 0 Å². The molecule has 1 atom stereocenters. The normalized spacial score (nSPS) is 19.3. The minimum absolute atomic E-state index is 0.562. The van der Waals surface area contributed by atoms with E-state index in [4.69, 9.17) is 5.73 Å². The maximum atomic E-state index is 5.73. The fourth-order valence-electron chi connectivity index (χ4n) is 3.01. The van der Waals surface area contributed by atoms with Crippen molar-refractivity contribution < 1.29 is 0 Å². The Hall–Kier alpha value is -1.87. The van der Waals surface area contributed by atoms with Crippen LogP contribution < -0.4 is 5.73 Å². The van der Waals surface area contributed by atoms with Crippen LogP contribution in [0, 0.1) is 0 Å². The van der Waals surface area contributed by atoms with E-state index in [1.54, 1.807) is 0 Å². The molecule has 104 valence electrons. The molecule has 0 amide bonds. The summed E-state index contributed by atoms with van der Waals surface area (Å²) in [6.07, 6.45) is 7.42. The van der Waals surface area contributed by atoms with Crippen LogP contribution in [-0.2, 0) is 6.42 Å². The van der Waals surface area contributed by atoms with Gasteiger partial charge < -0.3 is 5.73 Å². The molecule has 0 spiro atoms. The van der Waals surface area contributed by atoms with Crippen molar-refractivity contribution in [2.24, 2.45) is 0 Å². The number of hydrogen-bond donors (Lipinski definition) is 1. The molecular weight excluding hydrogens is 246 g/mol. The Kier molecular flexibility index (Phi) is 3.97. The van der Waals surface area contributed by atoms with Crippen LogP contribution in [0.15, 0.2) is 48.8 Å². The van der Waals surface area contributed by atoms with Gasteiger partial charge in [-0.15, -0.1) is 0 Å². The highest BCUT2D eigenvalue weighted by molar-refractivity contribution is 5.39. The van der Waals surface area contributed by atoms with Crippen molar-refractivity contribution in [3.05, 3.63) is 59.9 Å². The van der Waals surface area contributed by atoms with Crippen molar-refractivity contribution in [3.63, 3.8) is 0 Å². The number of nitrogens with two attached hydrogens (primary N) is 1. The summed E-state index contributed by atoms with van der Waals surface area (Å²) in [5.74, 6) is 0. The van der Waals surface area contributed by atoms with Crippen molar-refractivity contribution in [2.45, 2.75) is 25.3 Å². The Morgan fingerprint density at radius 1 is 1.10 bits per heavy atom. The molecule has 0 saturated carbocycles. The number of pyridine rings is 1. The summed E-state index contributed by atoms with van der Waals surface area (Å²) >= 11 is 0. The zero-order valence-electron chi connectivity index (χ0n) is 11.7. The van der Waals surface area contributed by atoms with Crippen LogP contribution in [0.2, 0.25) is 0 Å². The van der Waals surface area contributed by atoms with Crippen LogP contribution in [0.4, 0.5) is 5.69 Å². The van der Waals surface area contributed by atoms with Crippen molar-refractivity contribution in [1.82, 2.24) is 9.88 Å². The lowest BCUT2D eigenvalue weighted by molar-refractivity contribution is 0.260. The third-order valence-corrected chi connectivity index (χ3v) is 4.12. The quantitative estimate of drug-likeness (QED) is 0.866. The first kappa shape index (κ1) is 13.1. The molecule has 1 aromatic heterocycles. The van der Waals surface area contributed by atoms with Crippen LogP contribution >= 0.6 is 0 Å². The Morgan fingerprint density at radius 2 is 1.85 bits per heavy atom. The van der Waals surface area contributed by atoms with Gasteiger partial charge in [0, 0.05) is 30.7 Å². The van der Waals surface area contributed by atoms with Gasteiger partial charge in [0.2, 0.25) is 0 Å². The molecule has 2 heterocycles. The Morgan fingerprint density at radius 3 is 2.60 bits per heavy atom. The summed E-state index contributed by atoms with van der Waals surface area (Å²) in [5.41, 5.74) is 9.32. The number of rotatable bonds is 4. The number of hydrogen-bond acceptors (Lipinski definition) is 3. The summed E-state index contributed by atoms with van der Waals surface area (Å²) < 4.78 is 0. The molecule has 3 nitrogen and oxygen atoms in total. The van der Waals surface area contributed by atoms with Crippen molar-refractivity contribution >= 4 is 5.69 Å². The maximum absolute atomic E-state index is 5.73. The fourth-order valence-corrected chi connectivity index (χ4v) is 3.01. The van der Waals surface area contributed by atoms with Crippen molar-refractivity contribution in [1.29, 1.82) is 0 Å². The zero-order valence-corrected chi connectivity index (χ0v) is 11.7. The van der Waals surface area contributed by atoms with Crippen LogP contribution in [0.3, 0.4) is 0 Å². The molecular formula is C17H21N3. The van der Waals surface area contributed by atoms with Gasteiger partial charge in [0.15, 0.2) is 0 Å². The molecule has 0 aliphatic carbocycles. The third-order valence-electron chi connectivity index (χ3n) is 4.12. The second-order valence-electron chi connectivity index (χ2n) is 5.47. The largest absolute Gasteiger partial charge is 0.399 e. The maximum Gasteiger partial charge on any atom is 0.0349 e. The summed E-state index contributed by atoms with van der Waals surface area (Å²) in [5, 5.41) is 0. The Balaban J connectivity index is 1.63. The van der Waals surface area contributed by atoms with Gasteiger partial charge in [0.05, 0.1) is 0 Å². The van der Waals surface area contributed by atoms with E-state index >= 15 is 0 Å². The number of aromatic nitrogens is 1. The first-order chi connectivity index (χ1) is 9.83. The average Bonchev–Trinajstić information content (AvgIpc) is 2.96. The Bertz CT molecular complexity index is 536. The van der Waals surface area contributed by atoms with Gasteiger partial charge in [-0.25, -0.2) is 0 Å². The van der Waals surface area contributed by atoms with E-state index in [-0.39, 0.29) is 0 Å². The molecule has 3 heteroatoms. The van der Waals surface area contributed by atoms with Gasteiger partial charge in [0.25, 0.3) is 0 Å². The third kappa shape index (κ3) is 2.99. The van der Waals surface area contributed by atoms with Crippen LogP contribution in [0.1, 0.15) is 30.0 Å². The topological polar surface area (TPSA) is 42.1 Å². The lowest BCUT2D eigenvalue weighted by atomic mass is 10.1. The number of anilines is 1. The van der Waals surface area contributed by atoms with Crippen LogP contribution in [0.5, 0.6) is 0 Å². The highest BCUT2D eigenvalue weighted by Crippen LogP contribution is 2.31. The summed E-state index contributed by atoms with van der Waals surface area (Å²) in [7, 11) is 0. The van der Waals surface area contributed by atoms with E-state index < -0.39 is 0 Å². The molecule has 0 radical (unpaired) electrons.